The number of furan rings is 1. The number of likely N-dealkylation sites (N-methyl/N-ethyl adjacent to an activating group) is 1. The SMILES string of the molecule is CC(c1cccc(O)c1)N(C)CC(O)COCc1ccco1. The Morgan fingerprint density at radius 3 is 2.77 bits per heavy atom. The average molecular weight is 305 g/mol. The van der Waals surface area contributed by atoms with Crippen LogP contribution >= 0.6 is 0 Å². The van der Waals surface area contributed by atoms with Gasteiger partial charge in [0.25, 0.3) is 0 Å². The predicted molar refractivity (Wildman–Crippen MR) is 83.5 cm³/mol. The van der Waals surface area contributed by atoms with Crippen LogP contribution in [0.1, 0.15) is 24.3 Å². The molecule has 2 N–H and O–H groups in total. The summed E-state index contributed by atoms with van der Waals surface area (Å²) in [5, 5.41) is 19.6. The second-order valence-electron chi connectivity index (χ2n) is 5.46. The Morgan fingerprint density at radius 2 is 2.09 bits per heavy atom. The minimum Gasteiger partial charge on any atom is -0.508 e. The Labute approximate surface area is 130 Å². The average Bonchev–Trinajstić information content (AvgIpc) is 2.99. The van der Waals surface area contributed by atoms with Gasteiger partial charge in [-0.3, -0.25) is 4.90 Å². The van der Waals surface area contributed by atoms with Gasteiger partial charge in [0.15, 0.2) is 0 Å². The van der Waals surface area contributed by atoms with Gasteiger partial charge in [0.05, 0.1) is 19.0 Å². The van der Waals surface area contributed by atoms with Gasteiger partial charge in [0.1, 0.15) is 18.1 Å². The fourth-order valence-corrected chi connectivity index (χ4v) is 2.27. The first-order valence-corrected chi connectivity index (χ1v) is 7.33. The number of nitrogens with zero attached hydrogens (tertiary/aromatic N) is 1. The molecule has 1 aromatic heterocycles. The van der Waals surface area contributed by atoms with Crippen molar-refractivity contribution in [1.29, 1.82) is 0 Å². The van der Waals surface area contributed by atoms with Crippen molar-refractivity contribution in [3.05, 3.63) is 54.0 Å². The third-order valence-corrected chi connectivity index (χ3v) is 3.65. The molecular formula is C17H23NO4. The summed E-state index contributed by atoms with van der Waals surface area (Å²) >= 11 is 0. The molecule has 22 heavy (non-hydrogen) atoms. The maximum absolute atomic E-state index is 10.1. The number of aliphatic hydroxyl groups is 1. The highest BCUT2D eigenvalue weighted by atomic mass is 16.5. The van der Waals surface area contributed by atoms with Gasteiger partial charge in [-0.05, 0) is 43.8 Å². The maximum Gasteiger partial charge on any atom is 0.129 e. The summed E-state index contributed by atoms with van der Waals surface area (Å²) in [6.07, 6.45) is 1.01. The molecule has 0 saturated carbocycles. The van der Waals surface area contributed by atoms with Crippen molar-refractivity contribution >= 4 is 0 Å². The molecule has 120 valence electrons. The smallest absolute Gasteiger partial charge is 0.129 e. The fourth-order valence-electron chi connectivity index (χ4n) is 2.27. The van der Waals surface area contributed by atoms with Gasteiger partial charge in [-0.15, -0.1) is 0 Å². The van der Waals surface area contributed by atoms with E-state index in [0.29, 0.717) is 13.2 Å². The van der Waals surface area contributed by atoms with Crippen LogP contribution in [-0.2, 0) is 11.3 Å². The van der Waals surface area contributed by atoms with Gasteiger partial charge < -0.3 is 19.4 Å². The number of benzene rings is 1. The summed E-state index contributed by atoms with van der Waals surface area (Å²) in [4.78, 5) is 2.02. The molecule has 5 heteroatoms. The number of rotatable bonds is 8. The molecule has 0 amide bonds. The van der Waals surface area contributed by atoms with Crippen LogP contribution in [0.25, 0.3) is 0 Å². The lowest BCUT2D eigenvalue weighted by Gasteiger charge is -2.27. The number of aromatic hydroxyl groups is 1. The molecule has 2 rings (SSSR count). The van der Waals surface area contributed by atoms with Gasteiger partial charge in [-0.1, -0.05) is 12.1 Å². The number of hydrogen-bond acceptors (Lipinski definition) is 5. The number of ether oxygens (including phenoxy) is 1. The predicted octanol–water partition coefficient (Wildman–Crippen LogP) is 2.56. The fraction of sp³-hybridized carbons (Fsp3) is 0.412. The zero-order valence-corrected chi connectivity index (χ0v) is 13.0. The molecule has 2 aromatic rings. The molecule has 1 aromatic carbocycles. The van der Waals surface area contributed by atoms with Gasteiger partial charge in [-0.25, -0.2) is 0 Å². The number of phenols is 1. The Hall–Kier alpha value is -1.82. The van der Waals surface area contributed by atoms with E-state index in [2.05, 4.69) is 0 Å². The van der Waals surface area contributed by atoms with Crippen LogP contribution in [0.15, 0.2) is 47.1 Å². The van der Waals surface area contributed by atoms with Gasteiger partial charge in [-0.2, -0.15) is 0 Å². The zero-order chi connectivity index (χ0) is 15.9. The molecule has 0 aliphatic carbocycles. The molecule has 0 fully saturated rings. The highest BCUT2D eigenvalue weighted by molar-refractivity contribution is 5.29. The molecule has 0 bridgehead atoms. The van der Waals surface area contributed by atoms with E-state index in [-0.39, 0.29) is 18.4 Å². The summed E-state index contributed by atoms with van der Waals surface area (Å²) in [6.45, 7) is 3.12. The molecule has 0 radical (unpaired) electrons. The lowest BCUT2D eigenvalue weighted by atomic mass is 10.1. The Balaban J connectivity index is 1.76. The van der Waals surface area contributed by atoms with E-state index < -0.39 is 6.10 Å². The van der Waals surface area contributed by atoms with E-state index in [4.69, 9.17) is 9.15 Å². The lowest BCUT2D eigenvalue weighted by Crippen LogP contribution is -2.33. The molecular weight excluding hydrogens is 282 g/mol. The minimum atomic E-state index is -0.584. The first kappa shape index (κ1) is 16.5. The van der Waals surface area contributed by atoms with Gasteiger partial charge >= 0.3 is 0 Å². The van der Waals surface area contributed by atoms with Crippen LogP contribution < -0.4 is 0 Å². The van der Waals surface area contributed by atoms with Crippen molar-refractivity contribution < 1.29 is 19.4 Å². The lowest BCUT2D eigenvalue weighted by molar-refractivity contribution is 0.00384. The standard InChI is InChI=1S/C17H23NO4/c1-13(14-5-3-6-15(19)9-14)18(2)10-16(20)11-21-12-17-7-4-8-22-17/h3-9,13,16,19-20H,10-12H2,1-2H3. The Morgan fingerprint density at radius 1 is 1.27 bits per heavy atom. The van der Waals surface area contributed by atoms with E-state index in [0.717, 1.165) is 11.3 Å². The molecule has 0 spiro atoms. The van der Waals surface area contributed by atoms with E-state index in [9.17, 15) is 10.2 Å². The highest BCUT2D eigenvalue weighted by Gasteiger charge is 2.16. The van der Waals surface area contributed by atoms with Crippen molar-refractivity contribution in [2.24, 2.45) is 0 Å². The van der Waals surface area contributed by atoms with E-state index in [1.807, 2.05) is 37.1 Å². The Kier molecular flexibility index (Phi) is 6.00. The van der Waals surface area contributed by atoms with Crippen molar-refractivity contribution in [3.63, 3.8) is 0 Å². The van der Waals surface area contributed by atoms with E-state index in [1.165, 1.54) is 0 Å². The largest absolute Gasteiger partial charge is 0.508 e. The van der Waals surface area contributed by atoms with Gasteiger partial charge in [0.2, 0.25) is 0 Å². The number of phenolic OH excluding ortho intramolecular Hbond substituents is 1. The quantitative estimate of drug-likeness (QED) is 0.784. The second kappa shape index (κ2) is 7.98. The summed E-state index contributed by atoms with van der Waals surface area (Å²) in [7, 11) is 1.93. The molecule has 1 heterocycles. The summed E-state index contributed by atoms with van der Waals surface area (Å²) in [5.41, 5.74) is 1.01. The number of hydrogen-bond donors (Lipinski definition) is 2. The van der Waals surface area contributed by atoms with Crippen LogP contribution in [0.5, 0.6) is 5.75 Å². The van der Waals surface area contributed by atoms with Crippen LogP contribution in [0.2, 0.25) is 0 Å². The normalized spacial score (nSPS) is 14.2. The van der Waals surface area contributed by atoms with Crippen LogP contribution in [0.4, 0.5) is 0 Å². The molecule has 2 atom stereocenters. The monoisotopic (exact) mass is 305 g/mol. The second-order valence-corrected chi connectivity index (χ2v) is 5.46. The first-order valence-electron chi connectivity index (χ1n) is 7.33. The summed E-state index contributed by atoms with van der Waals surface area (Å²) in [5.74, 6) is 0.994. The molecule has 0 aliphatic rings. The van der Waals surface area contributed by atoms with Crippen molar-refractivity contribution in [3.8, 4) is 5.75 Å². The molecule has 0 saturated heterocycles. The van der Waals surface area contributed by atoms with E-state index >= 15 is 0 Å². The van der Waals surface area contributed by atoms with Crippen molar-refractivity contribution in [2.75, 3.05) is 20.2 Å². The van der Waals surface area contributed by atoms with Gasteiger partial charge in [0, 0.05) is 12.6 Å². The van der Waals surface area contributed by atoms with E-state index in [1.54, 1.807) is 24.5 Å². The molecule has 2 unspecified atom stereocenters. The third kappa shape index (κ3) is 4.87. The maximum atomic E-state index is 10.1. The molecule has 5 nitrogen and oxygen atoms in total. The molecule has 0 aliphatic heterocycles. The van der Waals surface area contributed by atoms with Crippen molar-refractivity contribution in [2.45, 2.75) is 25.7 Å². The minimum absolute atomic E-state index is 0.0897. The highest BCUT2D eigenvalue weighted by Crippen LogP contribution is 2.22. The summed E-state index contributed by atoms with van der Waals surface area (Å²) in [6, 6.07) is 10.9. The van der Waals surface area contributed by atoms with Crippen LogP contribution in [0.3, 0.4) is 0 Å². The zero-order valence-electron chi connectivity index (χ0n) is 13.0. The topological polar surface area (TPSA) is 66.1 Å². The summed E-state index contributed by atoms with van der Waals surface area (Å²) < 4.78 is 10.6. The Bertz CT molecular complexity index is 556. The number of aliphatic hydroxyl groups excluding tert-OH is 1. The van der Waals surface area contributed by atoms with Crippen LogP contribution in [-0.4, -0.2) is 41.4 Å². The van der Waals surface area contributed by atoms with Crippen molar-refractivity contribution in [1.82, 2.24) is 4.90 Å². The van der Waals surface area contributed by atoms with Crippen LogP contribution in [0, 0.1) is 0 Å². The third-order valence-electron chi connectivity index (χ3n) is 3.65. The first-order chi connectivity index (χ1) is 10.6.